The Balaban J connectivity index is 1.63. The van der Waals surface area contributed by atoms with Crippen LogP contribution >= 0.6 is 23.1 Å². The molecule has 0 aliphatic carbocycles. The van der Waals surface area contributed by atoms with Gasteiger partial charge in [0.05, 0.1) is 22.4 Å². The van der Waals surface area contributed by atoms with Crippen molar-refractivity contribution in [3.05, 3.63) is 46.0 Å². The van der Waals surface area contributed by atoms with Gasteiger partial charge in [-0.25, -0.2) is 4.98 Å². The topological polar surface area (TPSA) is 96.0 Å². The number of hydrogen-bond acceptors (Lipinski definition) is 8. The van der Waals surface area contributed by atoms with Crippen LogP contribution in [-0.2, 0) is 11.3 Å². The van der Waals surface area contributed by atoms with Crippen LogP contribution in [0.4, 0.5) is 5.69 Å². The number of hydrogen-bond donors (Lipinski definition) is 0. The Labute approximate surface area is 157 Å². The Morgan fingerprint density at radius 2 is 2.31 bits per heavy atom. The average Bonchev–Trinajstić information content (AvgIpc) is 3.39. The third-order valence-electron chi connectivity index (χ3n) is 4.00. The van der Waals surface area contributed by atoms with Gasteiger partial charge in [-0.1, -0.05) is 6.07 Å². The standard InChI is InChI=1S/C16H15N5O3S2/c22-21(23)11-5-6-14(17-9-11)26-16-19-18-15(13-4-2-8-25-13)20(16)10-12-3-1-7-24-12/h2,4-6,8-9,12H,1,3,7,10H2/t12-/m0/s1. The maximum atomic E-state index is 10.8. The first-order chi connectivity index (χ1) is 12.7. The second-order valence-corrected chi connectivity index (χ2v) is 7.68. The molecule has 1 saturated heterocycles. The van der Waals surface area contributed by atoms with Crippen LogP contribution in [0.1, 0.15) is 12.8 Å². The van der Waals surface area contributed by atoms with Crippen LogP contribution in [0.5, 0.6) is 0 Å². The molecule has 8 nitrogen and oxygen atoms in total. The molecule has 0 amide bonds. The van der Waals surface area contributed by atoms with Crippen molar-refractivity contribution in [2.45, 2.75) is 35.7 Å². The second-order valence-electron chi connectivity index (χ2n) is 5.74. The van der Waals surface area contributed by atoms with E-state index in [-0.39, 0.29) is 11.8 Å². The molecular formula is C16H15N5O3S2. The number of nitrogens with zero attached hydrogens (tertiary/aromatic N) is 5. The molecule has 3 aromatic heterocycles. The Hall–Kier alpha value is -2.30. The summed E-state index contributed by atoms with van der Waals surface area (Å²) in [6, 6.07) is 7.06. The van der Waals surface area contributed by atoms with Crippen LogP contribution in [0, 0.1) is 10.1 Å². The van der Waals surface area contributed by atoms with E-state index in [4.69, 9.17) is 4.74 Å². The molecule has 0 saturated carbocycles. The monoisotopic (exact) mass is 389 g/mol. The van der Waals surface area contributed by atoms with Crippen LogP contribution < -0.4 is 0 Å². The molecular weight excluding hydrogens is 374 g/mol. The predicted octanol–water partition coefficient (Wildman–Crippen LogP) is 3.64. The normalized spacial score (nSPS) is 16.8. The van der Waals surface area contributed by atoms with E-state index >= 15 is 0 Å². The van der Waals surface area contributed by atoms with Crippen molar-refractivity contribution < 1.29 is 9.66 Å². The summed E-state index contributed by atoms with van der Waals surface area (Å²) >= 11 is 2.95. The molecule has 0 bridgehead atoms. The van der Waals surface area contributed by atoms with Gasteiger partial charge in [-0.3, -0.25) is 14.7 Å². The minimum atomic E-state index is -0.462. The van der Waals surface area contributed by atoms with Crippen molar-refractivity contribution in [2.75, 3.05) is 6.61 Å². The molecule has 134 valence electrons. The lowest BCUT2D eigenvalue weighted by Crippen LogP contribution is -2.16. The lowest BCUT2D eigenvalue weighted by Gasteiger charge is -2.14. The molecule has 3 aromatic rings. The van der Waals surface area contributed by atoms with Gasteiger partial charge >= 0.3 is 0 Å². The largest absolute Gasteiger partial charge is 0.376 e. The summed E-state index contributed by atoms with van der Waals surface area (Å²) in [7, 11) is 0. The SMILES string of the molecule is O=[N+]([O-])c1ccc(Sc2nnc(-c3cccs3)n2C[C@@H]2CCCO2)nc1. The van der Waals surface area contributed by atoms with Crippen LogP contribution in [0.15, 0.2) is 46.0 Å². The lowest BCUT2D eigenvalue weighted by molar-refractivity contribution is -0.385. The summed E-state index contributed by atoms with van der Waals surface area (Å²) in [4.78, 5) is 15.5. The van der Waals surface area contributed by atoms with E-state index in [1.54, 1.807) is 17.4 Å². The number of nitro groups is 1. The fourth-order valence-corrected chi connectivity index (χ4v) is 4.24. The first kappa shape index (κ1) is 17.1. The van der Waals surface area contributed by atoms with E-state index in [9.17, 15) is 10.1 Å². The third kappa shape index (κ3) is 3.62. The molecule has 0 N–H and O–H groups in total. The zero-order chi connectivity index (χ0) is 17.9. The highest BCUT2D eigenvalue weighted by Crippen LogP contribution is 2.32. The quantitative estimate of drug-likeness (QED) is 0.469. The van der Waals surface area contributed by atoms with Crippen molar-refractivity contribution in [3.8, 4) is 10.7 Å². The van der Waals surface area contributed by atoms with Crippen molar-refractivity contribution >= 4 is 28.8 Å². The van der Waals surface area contributed by atoms with E-state index in [2.05, 4.69) is 19.7 Å². The smallest absolute Gasteiger partial charge is 0.287 e. The Kier molecular flexibility index (Phi) is 4.96. The highest BCUT2D eigenvalue weighted by molar-refractivity contribution is 7.99. The Morgan fingerprint density at radius 1 is 1.38 bits per heavy atom. The molecule has 1 fully saturated rings. The third-order valence-corrected chi connectivity index (χ3v) is 5.80. The first-order valence-electron chi connectivity index (χ1n) is 8.07. The van der Waals surface area contributed by atoms with Crippen LogP contribution in [0.3, 0.4) is 0 Å². The average molecular weight is 389 g/mol. The van der Waals surface area contributed by atoms with Gasteiger partial charge in [0.2, 0.25) is 0 Å². The number of thiophene rings is 1. The summed E-state index contributed by atoms with van der Waals surface area (Å²) in [6.45, 7) is 1.46. The zero-order valence-corrected chi connectivity index (χ0v) is 15.3. The van der Waals surface area contributed by atoms with Crippen molar-refractivity contribution in [3.63, 3.8) is 0 Å². The molecule has 0 radical (unpaired) electrons. The second kappa shape index (κ2) is 7.52. The van der Waals surface area contributed by atoms with Gasteiger partial charge in [-0.05, 0) is 42.1 Å². The fourth-order valence-electron chi connectivity index (χ4n) is 2.74. The number of rotatable bonds is 6. The number of aromatic nitrogens is 4. The number of ether oxygens (including phenoxy) is 1. The van der Waals surface area contributed by atoms with E-state index < -0.39 is 4.92 Å². The van der Waals surface area contributed by atoms with Crippen LogP contribution in [0.25, 0.3) is 10.7 Å². The minimum Gasteiger partial charge on any atom is -0.376 e. The molecule has 1 aliphatic heterocycles. The van der Waals surface area contributed by atoms with Gasteiger partial charge in [0.1, 0.15) is 11.2 Å². The van der Waals surface area contributed by atoms with Gasteiger partial charge < -0.3 is 4.74 Å². The lowest BCUT2D eigenvalue weighted by atomic mass is 10.2. The molecule has 0 unspecified atom stereocenters. The molecule has 10 heteroatoms. The molecule has 4 heterocycles. The van der Waals surface area contributed by atoms with Gasteiger partial charge in [0.25, 0.3) is 5.69 Å². The Bertz CT molecular complexity index is 889. The van der Waals surface area contributed by atoms with Crippen LogP contribution in [-0.4, -0.2) is 37.4 Å². The highest BCUT2D eigenvalue weighted by atomic mass is 32.2. The first-order valence-corrected chi connectivity index (χ1v) is 9.77. The molecule has 0 spiro atoms. The molecule has 4 rings (SSSR count). The van der Waals surface area contributed by atoms with Gasteiger partial charge in [0, 0.05) is 12.7 Å². The van der Waals surface area contributed by atoms with E-state index in [1.807, 2.05) is 17.5 Å². The highest BCUT2D eigenvalue weighted by Gasteiger charge is 2.22. The van der Waals surface area contributed by atoms with Crippen molar-refractivity contribution in [1.82, 2.24) is 19.7 Å². The van der Waals surface area contributed by atoms with Gasteiger partial charge in [-0.2, -0.15) is 0 Å². The van der Waals surface area contributed by atoms with E-state index in [0.29, 0.717) is 16.7 Å². The van der Waals surface area contributed by atoms with Crippen molar-refractivity contribution in [2.24, 2.45) is 0 Å². The maximum absolute atomic E-state index is 10.8. The predicted molar refractivity (Wildman–Crippen MR) is 97.3 cm³/mol. The minimum absolute atomic E-state index is 0.0329. The zero-order valence-electron chi connectivity index (χ0n) is 13.6. The molecule has 26 heavy (non-hydrogen) atoms. The molecule has 1 atom stereocenters. The van der Waals surface area contributed by atoms with Gasteiger partial charge in [0.15, 0.2) is 11.0 Å². The summed E-state index contributed by atoms with van der Waals surface area (Å²) < 4.78 is 7.82. The summed E-state index contributed by atoms with van der Waals surface area (Å²) in [5.41, 5.74) is -0.0329. The van der Waals surface area contributed by atoms with E-state index in [1.165, 1.54) is 24.0 Å². The maximum Gasteiger partial charge on any atom is 0.287 e. The fraction of sp³-hybridized carbons (Fsp3) is 0.312. The van der Waals surface area contributed by atoms with Gasteiger partial charge in [-0.15, -0.1) is 21.5 Å². The Morgan fingerprint density at radius 3 is 2.96 bits per heavy atom. The summed E-state index contributed by atoms with van der Waals surface area (Å²) in [6.07, 6.45) is 3.48. The van der Waals surface area contributed by atoms with Crippen molar-refractivity contribution in [1.29, 1.82) is 0 Å². The summed E-state index contributed by atoms with van der Waals surface area (Å²) in [5.74, 6) is 0.805. The summed E-state index contributed by atoms with van der Waals surface area (Å²) in [5, 5.41) is 22.8. The van der Waals surface area contributed by atoms with Crippen LogP contribution in [0.2, 0.25) is 0 Å². The number of pyridine rings is 1. The molecule has 1 aliphatic rings. The molecule has 0 aromatic carbocycles. The van der Waals surface area contributed by atoms with E-state index in [0.717, 1.165) is 30.2 Å².